The minimum absolute atomic E-state index is 0.635. The number of aromatic amines is 1. The van der Waals surface area contributed by atoms with Crippen molar-refractivity contribution in [2.45, 2.75) is 6.92 Å². The van der Waals surface area contributed by atoms with Crippen LogP contribution in [0.2, 0.25) is 5.02 Å². The molecule has 1 N–H and O–H groups in total. The van der Waals surface area contributed by atoms with Crippen LogP contribution in [-0.4, -0.2) is 16.6 Å². The van der Waals surface area contributed by atoms with Crippen molar-refractivity contribution in [1.29, 1.82) is 0 Å². The predicted molar refractivity (Wildman–Crippen MR) is 77.7 cm³/mol. The maximum Gasteiger partial charge on any atom is 0.139 e. The lowest BCUT2D eigenvalue weighted by Crippen LogP contribution is -1.93. The SMILES string of the molecule is CCOc1ccccc1-c1cc2c(Cl)ccnc2[nH]1. The van der Waals surface area contributed by atoms with Gasteiger partial charge in [0, 0.05) is 17.1 Å². The molecule has 1 aromatic carbocycles. The zero-order valence-corrected chi connectivity index (χ0v) is 11.2. The minimum Gasteiger partial charge on any atom is -0.493 e. The summed E-state index contributed by atoms with van der Waals surface area (Å²) in [6, 6.07) is 11.7. The van der Waals surface area contributed by atoms with E-state index in [9.17, 15) is 0 Å². The maximum atomic E-state index is 6.17. The number of aromatic nitrogens is 2. The van der Waals surface area contributed by atoms with Gasteiger partial charge in [-0.05, 0) is 31.2 Å². The molecule has 3 rings (SSSR count). The average molecular weight is 273 g/mol. The Bertz CT molecular complexity index is 721. The van der Waals surface area contributed by atoms with Crippen LogP contribution in [0.5, 0.6) is 5.75 Å². The molecule has 0 saturated carbocycles. The zero-order chi connectivity index (χ0) is 13.2. The lowest BCUT2D eigenvalue weighted by molar-refractivity contribution is 0.341. The number of pyridine rings is 1. The van der Waals surface area contributed by atoms with E-state index in [1.165, 1.54) is 0 Å². The normalized spacial score (nSPS) is 10.8. The lowest BCUT2D eigenvalue weighted by atomic mass is 10.1. The number of nitrogens with one attached hydrogen (secondary N) is 1. The van der Waals surface area contributed by atoms with Gasteiger partial charge in [-0.2, -0.15) is 0 Å². The Labute approximate surface area is 116 Å². The summed E-state index contributed by atoms with van der Waals surface area (Å²) in [6.45, 7) is 2.61. The van der Waals surface area contributed by atoms with Crippen LogP contribution < -0.4 is 4.74 Å². The van der Waals surface area contributed by atoms with Gasteiger partial charge in [0.1, 0.15) is 11.4 Å². The molecule has 0 aliphatic rings. The van der Waals surface area contributed by atoms with Gasteiger partial charge in [-0.3, -0.25) is 0 Å². The summed E-state index contributed by atoms with van der Waals surface area (Å²) in [5.41, 5.74) is 2.76. The van der Waals surface area contributed by atoms with Gasteiger partial charge >= 0.3 is 0 Å². The molecule has 0 spiro atoms. The van der Waals surface area contributed by atoms with Crippen LogP contribution in [0, 0.1) is 0 Å². The van der Waals surface area contributed by atoms with Gasteiger partial charge in [0.2, 0.25) is 0 Å². The smallest absolute Gasteiger partial charge is 0.139 e. The van der Waals surface area contributed by atoms with E-state index >= 15 is 0 Å². The summed E-state index contributed by atoms with van der Waals surface area (Å²) in [5, 5.41) is 1.62. The molecule has 3 nitrogen and oxygen atoms in total. The molecule has 0 bridgehead atoms. The van der Waals surface area contributed by atoms with E-state index in [0.717, 1.165) is 28.0 Å². The third-order valence-corrected chi connectivity index (χ3v) is 3.29. The van der Waals surface area contributed by atoms with E-state index in [1.54, 1.807) is 12.3 Å². The fourth-order valence-corrected chi connectivity index (χ4v) is 2.31. The van der Waals surface area contributed by atoms with Crippen LogP contribution in [0.3, 0.4) is 0 Å². The molecule has 2 aromatic heterocycles. The Morgan fingerprint density at radius 3 is 2.89 bits per heavy atom. The number of hydrogen-bond acceptors (Lipinski definition) is 2. The van der Waals surface area contributed by atoms with Crippen LogP contribution in [0.15, 0.2) is 42.6 Å². The molecule has 0 aliphatic heterocycles. The van der Waals surface area contributed by atoms with Crippen LogP contribution in [0.1, 0.15) is 6.92 Å². The van der Waals surface area contributed by atoms with E-state index in [0.29, 0.717) is 11.6 Å². The second kappa shape index (κ2) is 4.94. The number of nitrogens with zero attached hydrogens (tertiary/aromatic N) is 1. The highest BCUT2D eigenvalue weighted by molar-refractivity contribution is 6.35. The first-order valence-electron chi connectivity index (χ1n) is 6.15. The summed E-state index contributed by atoms with van der Waals surface area (Å²) in [4.78, 5) is 7.56. The molecular formula is C15H13ClN2O. The Morgan fingerprint density at radius 1 is 1.26 bits per heavy atom. The van der Waals surface area contributed by atoms with Crippen molar-refractivity contribution in [1.82, 2.24) is 9.97 Å². The summed E-state index contributed by atoms with van der Waals surface area (Å²) in [7, 11) is 0. The molecule has 96 valence electrons. The molecule has 19 heavy (non-hydrogen) atoms. The Balaban J connectivity index is 2.17. The zero-order valence-electron chi connectivity index (χ0n) is 10.5. The highest BCUT2D eigenvalue weighted by Gasteiger charge is 2.10. The van der Waals surface area contributed by atoms with Gasteiger partial charge in [0.25, 0.3) is 0 Å². The van der Waals surface area contributed by atoms with Gasteiger partial charge in [0.15, 0.2) is 0 Å². The van der Waals surface area contributed by atoms with Crippen molar-refractivity contribution < 1.29 is 4.74 Å². The highest BCUT2D eigenvalue weighted by Crippen LogP contribution is 2.33. The van der Waals surface area contributed by atoms with E-state index < -0.39 is 0 Å². The first-order valence-corrected chi connectivity index (χ1v) is 6.53. The van der Waals surface area contributed by atoms with Crippen LogP contribution >= 0.6 is 11.6 Å². The third-order valence-electron chi connectivity index (χ3n) is 2.96. The number of halogens is 1. The van der Waals surface area contributed by atoms with Gasteiger partial charge in [0.05, 0.1) is 17.3 Å². The fourth-order valence-electron chi connectivity index (χ4n) is 2.11. The van der Waals surface area contributed by atoms with Crippen molar-refractivity contribution >= 4 is 22.6 Å². The van der Waals surface area contributed by atoms with E-state index in [4.69, 9.17) is 16.3 Å². The van der Waals surface area contributed by atoms with Gasteiger partial charge in [-0.15, -0.1) is 0 Å². The van der Waals surface area contributed by atoms with Crippen LogP contribution in [0.25, 0.3) is 22.3 Å². The number of benzene rings is 1. The molecule has 3 aromatic rings. The second-order valence-corrected chi connectivity index (χ2v) is 4.57. The Kier molecular flexibility index (Phi) is 3.13. The molecule has 0 saturated heterocycles. The van der Waals surface area contributed by atoms with Gasteiger partial charge in [-0.25, -0.2) is 4.98 Å². The first kappa shape index (κ1) is 12.1. The summed E-state index contributed by atoms with van der Waals surface area (Å²) < 4.78 is 5.64. The largest absolute Gasteiger partial charge is 0.493 e. The first-order chi connectivity index (χ1) is 9.29. The van der Waals surface area contributed by atoms with Crippen molar-refractivity contribution in [3.05, 3.63) is 47.6 Å². The van der Waals surface area contributed by atoms with Gasteiger partial charge < -0.3 is 9.72 Å². The molecule has 2 heterocycles. The topological polar surface area (TPSA) is 37.9 Å². The standard InChI is InChI=1S/C15H13ClN2O/c1-2-19-14-6-4-3-5-10(14)13-9-11-12(16)7-8-17-15(11)18-13/h3-9H,2H2,1H3,(H,17,18). The highest BCUT2D eigenvalue weighted by atomic mass is 35.5. The Morgan fingerprint density at radius 2 is 2.11 bits per heavy atom. The number of para-hydroxylation sites is 1. The summed E-state index contributed by atoms with van der Waals surface area (Å²) in [6.07, 6.45) is 1.69. The predicted octanol–water partition coefficient (Wildman–Crippen LogP) is 4.28. The molecule has 0 amide bonds. The van der Waals surface area contributed by atoms with Crippen LogP contribution in [-0.2, 0) is 0 Å². The van der Waals surface area contributed by atoms with Crippen LogP contribution in [0.4, 0.5) is 0 Å². The number of fused-ring (bicyclic) bond motifs is 1. The van der Waals surface area contributed by atoms with Gasteiger partial charge in [-0.1, -0.05) is 23.7 Å². The van der Waals surface area contributed by atoms with Crippen molar-refractivity contribution in [2.24, 2.45) is 0 Å². The van der Waals surface area contributed by atoms with Crippen molar-refractivity contribution in [3.8, 4) is 17.0 Å². The summed E-state index contributed by atoms with van der Waals surface area (Å²) in [5.74, 6) is 0.854. The molecule has 0 radical (unpaired) electrons. The number of hydrogen-bond donors (Lipinski definition) is 1. The van der Waals surface area contributed by atoms with Crippen molar-refractivity contribution in [3.63, 3.8) is 0 Å². The Hall–Kier alpha value is -2.00. The average Bonchev–Trinajstić information content (AvgIpc) is 2.85. The van der Waals surface area contributed by atoms with E-state index in [1.807, 2.05) is 37.3 Å². The molecule has 0 fully saturated rings. The number of ether oxygens (including phenoxy) is 1. The second-order valence-electron chi connectivity index (χ2n) is 4.17. The third kappa shape index (κ3) is 2.17. The quantitative estimate of drug-likeness (QED) is 0.773. The lowest BCUT2D eigenvalue weighted by Gasteiger charge is -2.07. The monoisotopic (exact) mass is 272 g/mol. The number of H-pyrrole nitrogens is 1. The molecule has 0 aliphatic carbocycles. The number of rotatable bonds is 3. The molecular weight excluding hydrogens is 260 g/mol. The minimum atomic E-state index is 0.635. The molecule has 0 atom stereocenters. The van der Waals surface area contributed by atoms with E-state index in [-0.39, 0.29) is 0 Å². The summed E-state index contributed by atoms with van der Waals surface area (Å²) >= 11 is 6.17. The molecule has 4 heteroatoms. The maximum absolute atomic E-state index is 6.17. The molecule has 0 unspecified atom stereocenters. The van der Waals surface area contributed by atoms with Crippen molar-refractivity contribution in [2.75, 3.05) is 6.61 Å². The fraction of sp³-hybridized carbons (Fsp3) is 0.133. The van der Waals surface area contributed by atoms with E-state index in [2.05, 4.69) is 9.97 Å².